The van der Waals surface area contributed by atoms with Crippen molar-refractivity contribution in [1.29, 1.82) is 0 Å². The number of hydrogen-bond donors (Lipinski definition) is 1. The summed E-state index contributed by atoms with van der Waals surface area (Å²) < 4.78 is 32.6. The molecule has 1 unspecified atom stereocenters. The lowest BCUT2D eigenvalue weighted by atomic mass is 9.98. The van der Waals surface area contributed by atoms with Crippen LogP contribution in [0.1, 0.15) is 12.8 Å². The molecular weight excluding hydrogens is 368 g/mol. The van der Waals surface area contributed by atoms with Gasteiger partial charge in [-0.15, -0.1) is 0 Å². The minimum Gasteiger partial charge on any atom is -0.378 e. The van der Waals surface area contributed by atoms with E-state index in [1.54, 1.807) is 0 Å². The van der Waals surface area contributed by atoms with Gasteiger partial charge in [-0.3, -0.25) is 4.79 Å². The van der Waals surface area contributed by atoms with Crippen LogP contribution in [0.4, 0.5) is 11.4 Å². The number of amides is 1. The summed E-state index contributed by atoms with van der Waals surface area (Å²) in [6, 6.07) is 7.76. The SMILES string of the molecule is CN(C)S(=O)(=O)N1CCCC(C(=O)Nc2ccc(N3CCOCC3)cc2)C1. The van der Waals surface area contributed by atoms with Gasteiger partial charge in [0.2, 0.25) is 5.91 Å². The van der Waals surface area contributed by atoms with Gasteiger partial charge in [0.15, 0.2) is 0 Å². The first-order valence-electron chi connectivity index (χ1n) is 9.29. The number of ether oxygens (including phenoxy) is 1. The molecule has 0 aromatic heterocycles. The van der Waals surface area contributed by atoms with Crippen molar-refractivity contribution in [3.63, 3.8) is 0 Å². The zero-order valence-electron chi connectivity index (χ0n) is 15.9. The monoisotopic (exact) mass is 396 g/mol. The second-order valence-electron chi connectivity index (χ2n) is 7.12. The van der Waals surface area contributed by atoms with Crippen molar-refractivity contribution in [2.75, 3.05) is 63.7 Å². The van der Waals surface area contributed by atoms with Crippen molar-refractivity contribution in [2.24, 2.45) is 5.92 Å². The maximum absolute atomic E-state index is 12.6. The number of nitrogens with one attached hydrogen (secondary N) is 1. The predicted octanol–water partition coefficient (Wildman–Crippen LogP) is 0.980. The largest absolute Gasteiger partial charge is 0.378 e. The standard InChI is InChI=1S/C18H28N4O4S/c1-20(2)27(24,25)22-9-3-4-15(14-22)18(23)19-16-5-7-17(8-6-16)21-10-12-26-13-11-21/h5-8,15H,3-4,9-14H2,1-2H3,(H,19,23). The summed E-state index contributed by atoms with van der Waals surface area (Å²) in [6.45, 7) is 3.86. The number of piperidine rings is 1. The Bertz CT molecular complexity index is 745. The van der Waals surface area contributed by atoms with E-state index in [9.17, 15) is 13.2 Å². The average molecular weight is 397 g/mol. The zero-order chi connectivity index (χ0) is 19.4. The lowest BCUT2D eigenvalue weighted by Gasteiger charge is -2.32. The molecule has 2 aliphatic rings. The van der Waals surface area contributed by atoms with E-state index in [4.69, 9.17) is 4.74 Å². The Hall–Kier alpha value is -1.68. The molecule has 1 amide bonds. The van der Waals surface area contributed by atoms with E-state index in [1.165, 1.54) is 22.7 Å². The van der Waals surface area contributed by atoms with E-state index >= 15 is 0 Å². The van der Waals surface area contributed by atoms with Crippen molar-refractivity contribution in [2.45, 2.75) is 12.8 Å². The molecule has 1 atom stereocenters. The third-order valence-corrected chi connectivity index (χ3v) is 6.96. The molecule has 1 aromatic carbocycles. The molecule has 9 heteroatoms. The van der Waals surface area contributed by atoms with Crippen molar-refractivity contribution in [3.8, 4) is 0 Å². The van der Waals surface area contributed by atoms with Gasteiger partial charge in [-0.05, 0) is 37.1 Å². The van der Waals surface area contributed by atoms with Crippen molar-refractivity contribution >= 4 is 27.5 Å². The lowest BCUT2D eigenvalue weighted by Crippen LogP contribution is -2.47. The summed E-state index contributed by atoms with van der Waals surface area (Å²) in [5.41, 5.74) is 1.84. The fourth-order valence-corrected chi connectivity index (χ4v) is 4.61. The van der Waals surface area contributed by atoms with Crippen LogP contribution < -0.4 is 10.2 Å². The normalized spacial score (nSPS) is 22.0. The van der Waals surface area contributed by atoms with E-state index in [0.29, 0.717) is 19.4 Å². The Labute approximate surface area is 161 Å². The number of benzene rings is 1. The van der Waals surface area contributed by atoms with Crippen LogP contribution in [0.15, 0.2) is 24.3 Å². The van der Waals surface area contributed by atoms with Gasteiger partial charge in [-0.2, -0.15) is 17.0 Å². The van der Waals surface area contributed by atoms with Gasteiger partial charge < -0.3 is 15.0 Å². The Morgan fingerprint density at radius 3 is 2.44 bits per heavy atom. The van der Waals surface area contributed by atoms with Crippen LogP contribution in [0, 0.1) is 5.92 Å². The van der Waals surface area contributed by atoms with Gasteiger partial charge >= 0.3 is 0 Å². The second kappa shape index (κ2) is 8.55. The molecule has 0 saturated carbocycles. The van der Waals surface area contributed by atoms with Crippen LogP contribution in [0.2, 0.25) is 0 Å². The third-order valence-electron chi connectivity index (χ3n) is 5.05. The number of carbonyl (C=O) groups is 1. The van der Waals surface area contributed by atoms with Gasteiger partial charge in [-0.1, -0.05) is 0 Å². The van der Waals surface area contributed by atoms with E-state index in [1.807, 2.05) is 24.3 Å². The number of anilines is 2. The fourth-order valence-electron chi connectivity index (χ4n) is 3.42. The number of carbonyl (C=O) groups excluding carboxylic acids is 1. The molecule has 2 fully saturated rings. The number of nitrogens with zero attached hydrogens (tertiary/aromatic N) is 3. The van der Waals surface area contributed by atoms with Gasteiger partial charge in [0, 0.05) is 51.6 Å². The molecule has 2 aliphatic heterocycles. The highest BCUT2D eigenvalue weighted by atomic mass is 32.2. The maximum atomic E-state index is 12.6. The third kappa shape index (κ3) is 4.78. The molecule has 0 bridgehead atoms. The molecule has 1 N–H and O–H groups in total. The van der Waals surface area contributed by atoms with Crippen molar-refractivity contribution < 1.29 is 17.9 Å². The first kappa shape index (κ1) is 20.1. The minimum atomic E-state index is -3.49. The van der Waals surface area contributed by atoms with Crippen LogP contribution in [-0.4, -0.2) is 76.4 Å². The maximum Gasteiger partial charge on any atom is 0.281 e. The van der Waals surface area contributed by atoms with Crippen LogP contribution in [-0.2, 0) is 19.7 Å². The zero-order valence-corrected chi connectivity index (χ0v) is 16.7. The highest BCUT2D eigenvalue weighted by Crippen LogP contribution is 2.23. The number of morpholine rings is 1. The summed E-state index contributed by atoms with van der Waals surface area (Å²) in [5, 5.41) is 2.93. The summed E-state index contributed by atoms with van der Waals surface area (Å²) >= 11 is 0. The molecule has 3 rings (SSSR count). The van der Waals surface area contributed by atoms with Crippen molar-refractivity contribution in [3.05, 3.63) is 24.3 Å². The minimum absolute atomic E-state index is 0.132. The quantitative estimate of drug-likeness (QED) is 0.802. The van der Waals surface area contributed by atoms with Crippen LogP contribution in [0.5, 0.6) is 0 Å². The topological polar surface area (TPSA) is 82.2 Å². The van der Waals surface area contributed by atoms with Crippen LogP contribution >= 0.6 is 0 Å². The Morgan fingerprint density at radius 1 is 1.15 bits per heavy atom. The molecule has 0 aliphatic carbocycles. The second-order valence-corrected chi connectivity index (χ2v) is 9.27. The Morgan fingerprint density at radius 2 is 1.81 bits per heavy atom. The Balaban J connectivity index is 1.59. The van der Waals surface area contributed by atoms with Gasteiger partial charge in [0.25, 0.3) is 10.2 Å². The van der Waals surface area contributed by atoms with Crippen molar-refractivity contribution in [1.82, 2.24) is 8.61 Å². The number of hydrogen-bond acceptors (Lipinski definition) is 5. The smallest absolute Gasteiger partial charge is 0.281 e. The highest BCUT2D eigenvalue weighted by Gasteiger charge is 2.33. The van der Waals surface area contributed by atoms with Gasteiger partial charge in [0.05, 0.1) is 19.1 Å². The first-order chi connectivity index (χ1) is 12.9. The molecule has 150 valence electrons. The molecular formula is C18H28N4O4S. The lowest BCUT2D eigenvalue weighted by molar-refractivity contribution is -0.120. The molecule has 1 aromatic rings. The highest BCUT2D eigenvalue weighted by molar-refractivity contribution is 7.86. The predicted molar refractivity (Wildman–Crippen MR) is 105 cm³/mol. The average Bonchev–Trinajstić information content (AvgIpc) is 2.69. The molecule has 27 heavy (non-hydrogen) atoms. The number of rotatable bonds is 5. The van der Waals surface area contributed by atoms with Crippen LogP contribution in [0.25, 0.3) is 0 Å². The summed E-state index contributed by atoms with van der Waals surface area (Å²) in [5.74, 6) is -0.472. The summed E-state index contributed by atoms with van der Waals surface area (Å²) in [6.07, 6.45) is 1.37. The van der Waals surface area contributed by atoms with E-state index < -0.39 is 10.2 Å². The van der Waals surface area contributed by atoms with E-state index in [2.05, 4.69) is 10.2 Å². The molecule has 2 saturated heterocycles. The van der Waals surface area contributed by atoms with Gasteiger partial charge in [-0.25, -0.2) is 0 Å². The van der Waals surface area contributed by atoms with E-state index in [0.717, 1.165) is 37.7 Å². The fraction of sp³-hybridized carbons (Fsp3) is 0.611. The Kier molecular flexibility index (Phi) is 6.36. The van der Waals surface area contributed by atoms with E-state index in [-0.39, 0.29) is 18.4 Å². The molecule has 0 spiro atoms. The van der Waals surface area contributed by atoms with Gasteiger partial charge in [0.1, 0.15) is 0 Å². The molecule has 2 heterocycles. The summed E-state index contributed by atoms with van der Waals surface area (Å²) in [7, 11) is -0.468. The molecule has 8 nitrogen and oxygen atoms in total. The van der Waals surface area contributed by atoms with Crippen LogP contribution in [0.3, 0.4) is 0 Å². The summed E-state index contributed by atoms with van der Waals surface area (Å²) in [4.78, 5) is 14.9. The first-order valence-corrected chi connectivity index (χ1v) is 10.7. The molecule has 0 radical (unpaired) electrons.